The minimum Gasteiger partial charge on any atom is -0.480 e. The Morgan fingerprint density at radius 3 is 2.81 bits per heavy atom. The third-order valence-electron chi connectivity index (χ3n) is 3.73. The number of hydrogen-bond acceptors (Lipinski definition) is 2. The highest BCUT2D eigenvalue weighted by Gasteiger charge is 2.55. The lowest BCUT2D eigenvalue weighted by atomic mass is 10.1. The Morgan fingerprint density at radius 1 is 1.38 bits per heavy atom. The lowest BCUT2D eigenvalue weighted by Gasteiger charge is -2.23. The van der Waals surface area contributed by atoms with Gasteiger partial charge in [0, 0.05) is 13.1 Å². The van der Waals surface area contributed by atoms with E-state index in [0.717, 1.165) is 19.5 Å². The summed E-state index contributed by atoms with van der Waals surface area (Å²) in [5, 5.41) is 9.22. The normalized spacial score (nSPS) is 32.4. The van der Waals surface area contributed by atoms with Crippen molar-refractivity contribution in [1.82, 2.24) is 4.90 Å². The van der Waals surface area contributed by atoms with Crippen LogP contribution in [0.15, 0.2) is 30.3 Å². The van der Waals surface area contributed by atoms with Crippen LogP contribution in [-0.4, -0.2) is 28.6 Å². The van der Waals surface area contributed by atoms with Crippen LogP contribution in [0.1, 0.15) is 12.0 Å². The molecule has 1 aliphatic carbocycles. The second-order valence-corrected chi connectivity index (χ2v) is 4.86. The molecule has 0 aromatic heterocycles. The van der Waals surface area contributed by atoms with E-state index < -0.39 is 5.97 Å². The third kappa shape index (κ3) is 1.61. The van der Waals surface area contributed by atoms with Gasteiger partial charge in [0.2, 0.25) is 0 Å². The fourth-order valence-corrected chi connectivity index (χ4v) is 2.87. The standard InChI is InChI=1S/C13H15NO2/c15-13(16)12-11-6-10(11)8-14(12)7-9-4-2-1-3-5-9/h1-5,10-12H,6-8H2,(H,15,16). The van der Waals surface area contributed by atoms with E-state index in [4.69, 9.17) is 0 Å². The average Bonchev–Trinajstić information content (AvgIpc) is 2.91. The van der Waals surface area contributed by atoms with Gasteiger partial charge in [0.05, 0.1) is 0 Å². The van der Waals surface area contributed by atoms with E-state index in [1.165, 1.54) is 5.56 Å². The molecule has 1 saturated heterocycles. The Bertz CT molecular complexity index is 404. The summed E-state index contributed by atoms with van der Waals surface area (Å²) in [6, 6.07) is 9.86. The van der Waals surface area contributed by atoms with Gasteiger partial charge in [-0.2, -0.15) is 0 Å². The first-order valence-corrected chi connectivity index (χ1v) is 5.76. The summed E-state index contributed by atoms with van der Waals surface area (Å²) in [7, 11) is 0. The highest BCUT2D eigenvalue weighted by atomic mass is 16.4. The molecule has 0 spiro atoms. The lowest BCUT2D eigenvalue weighted by Crippen LogP contribution is -2.38. The molecule has 0 bridgehead atoms. The number of piperidine rings is 1. The van der Waals surface area contributed by atoms with E-state index in [2.05, 4.69) is 17.0 Å². The van der Waals surface area contributed by atoms with Crippen LogP contribution in [0.25, 0.3) is 0 Å². The Kier molecular flexibility index (Phi) is 2.21. The molecular weight excluding hydrogens is 202 g/mol. The van der Waals surface area contributed by atoms with Crippen molar-refractivity contribution in [3.63, 3.8) is 0 Å². The zero-order valence-corrected chi connectivity index (χ0v) is 9.04. The minimum atomic E-state index is -0.652. The van der Waals surface area contributed by atoms with Gasteiger partial charge in [-0.05, 0) is 23.8 Å². The third-order valence-corrected chi connectivity index (χ3v) is 3.73. The maximum absolute atomic E-state index is 11.2. The van der Waals surface area contributed by atoms with Gasteiger partial charge < -0.3 is 5.11 Å². The summed E-state index contributed by atoms with van der Waals surface area (Å²) < 4.78 is 0. The summed E-state index contributed by atoms with van der Waals surface area (Å²) in [4.78, 5) is 13.3. The summed E-state index contributed by atoms with van der Waals surface area (Å²) in [5.74, 6) is 0.409. The number of carboxylic acids is 1. The van der Waals surface area contributed by atoms with Crippen molar-refractivity contribution in [2.24, 2.45) is 11.8 Å². The summed E-state index contributed by atoms with van der Waals surface area (Å²) in [6.45, 7) is 1.72. The van der Waals surface area contributed by atoms with Crippen LogP contribution in [-0.2, 0) is 11.3 Å². The van der Waals surface area contributed by atoms with Crippen LogP contribution in [0.2, 0.25) is 0 Å². The van der Waals surface area contributed by atoms with Gasteiger partial charge in [-0.3, -0.25) is 9.69 Å². The van der Waals surface area contributed by atoms with Crippen LogP contribution in [0.5, 0.6) is 0 Å². The van der Waals surface area contributed by atoms with E-state index in [9.17, 15) is 9.90 Å². The monoisotopic (exact) mass is 217 g/mol. The van der Waals surface area contributed by atoms with Gasteiger partial charge >= 0.3 is 5.97 Å². The zero-order chi connectivity index (χ0) is 11.1. The van der Waals surface area contributed by atoms with Crippen LogP contribution in [0.4, 0.5) is 0 Å². The smallest absolute Gasteiger partial charge is 0.321 e. The highest BCUT2D eigenvalue weighted by molar-refractivity contribution is 5.75. The van der Waals surface area contributed by atoms with Crippen LogP contribution in [0.3, 0.4) is 0 Å². The average molecular weight is 217 g/mol. The molecule has 2 fully saturated rings. The first-order valence-electron chi connectivity index (χ1n) is 5.76. The molecule has 3 atom stereocenters. The molecule has 1 aromatic carbocycles. The van der Waals surface area contributed by atoms with Gasteiger partial charge in [0.15, 0.2) is 0 Å². The second-order valence-electron chi connectivity index (χ2n) is 4.86. The quantitative estimate of drug-likeness (QED) is 0.836. The van der Waals surface area contributed by atoms with Crippen LogP contribution >= 0.6 is 0 Å². The van der Waals surface area contributed by atoms with Crippen LogP contribution < -0.4 is 0 Å². The molecule has 2 aliphatic rings. The molecule has 1 aliphatic heterocycles. The lowest BCUT2D eigenvalue weighted by molar-refractivity contribution is -0.143. The number of carbonyl (C=O) groups is 1. The Labute approximate surface area is 94.7 Å². The number of fused-ring (bicyclic) bond motifs is 1. The molecule has 1 heterocycles. The van der Waals surface area contributed by atoms with E-state index in [0.29, 0.717) is 11.8 Å². The van der Waals surface area contributed by atoms with Gasteiger partial charge in [0.1, 0.15) is 6.04 Å². The Hall–Kier alpha value is -1.35. The molecular formula is C13H15NO2. The van der Waals surface area contributed by atoms with Crippen molar-refractivity contribution in [3.8, 4) is 0 Å². The maximum atomic E-state index is 11.2. The van der Waals surface area contributed by atoms with Gasteiger partial charge in [0.25, 0.3) is 0 Å². The van der Waals surface area contributed by atoms with Crippen molar-refractivity contribution in [2.75, 3.05) is 6.54 Å². The zero-order valence-electron chi connectivity index (χ0n) is 9.04. The molecule has 1 saturated carbocycles. The highest BCUT2D eigenvalue weighted by Crippen LogP contribution is 2.49. The van der Waals surface area contributed by atoms with Gasteiger partial charge in [-0.25, -0.2) is 0 Å². The maximum Gasteiger partial charge on any atom is 0.321 e. The predicted molar refractivity (Wildman–Crippen MR) is 59.9 cm³/mol. The van der Waals surface area contributed by atoms with Crippen molar-refractivity contribution in [2.45, 2.75) is 19.0 Å². The SMILES string of the molecule is O=C(O)C1C2CC2CN1Cc1ccccc1. The number of rotatable bonds is 3. The first kappa shape index (κ1) is 9.85. The molecule has 16 heavy (non-hydrogen) atoms. The molecule has 3 nitrogen and oxygen atoms in total. The van der Waals surface area contributed by atoms with Crippen molar-refractivity contribution in [1.29, 1.82) is 0 Å². The first-order chi connectivity index (χ1) is 7.75. The molecule has 1 aromatic rings. The number of nitrogens with zero attached hydrogens (tertiary/aromatic N) is 1. The minimum absolute atomic E-state index is 0.245. The molecule has 3 heteroatoms. The van der Waals surface area contributed by atoms with Crippen LogP contribution in [0, 0.1) is 11.8 Å². The van der Waals surface area contributed by atoms with Crippen molar-refractivity contribution < 1.29 is 9.90 Å². The van der Waals surface area contributed by atoms with E-state index in [-0.39, 0.29) is 6.04 Å². The van der Waals surface area contributed by atoms with E-state index >= 15 is 0 Å². The summed E-state index contributed by atoms with van der Waals surface area (Å²) >= 11 is 0. The Balaban J connectivity index is 1.74. The van der Waals surface area contributed by atoms with Crippen molar-refractivity contribution in [3.05, 3.63) is 35.9 Å². The van der Waals surface area contributed by atoms with E-state index in [1.54, 1.807) is 0 Å². The van der Waals surface area contributed by atoms with Gasteiger partial charge in [-0.1, -0.05) is 30.3 Å². The Morgan fingerprint density at radius 2 is 2.12 bits per heavy atom. The number of hydrogen-bond donors (Lipinski definition) is 1. The van der Waals surface area contributed by atoms with Crippen molar-refractivity contribution >= 4 is 5.97 Å². The fourth-order valence-electron chi connectivity index (χ4n) is 2.87. The molecule has 84 valence electrons. The number of aliphatic carboxylic acids is 1. The summed E-state index contributed by atoms with van der Waals surface area (Å²) in [6.07, 6.45) is 1.11. The second kappa shape index (κ2) is 3.59. The molecule has 1 N–H and O–H groups in total. The summed E-state index contributed by atoms with van der Waals surface area (Å²) in [5.41, 5.74) is 1.20. The van der Waals surface area contributed by atoms with Gasteiger partial charge in [-0.15, -0.1) is 0 Å². The molecule has 3 rings (SSSR count). The topological polar surface area (TPSA) is 40.5 Å². The van der Waals surface area contributed by atoms with E-state index in [1.807, 2.05) is 18.2 Å². The number of likely N-dealkylation sites (tertiary alicyclic amines) is 1. The number of carboxylic acid groups (broad SMARTS) is 1. The largest absolute Gasteiger partial charge is 0.480 e. The fraction of sp³-hybridized carbons (Fsp3) is 0.462. The molecule has 0 radical (unpaired) electrons. The molecule has 0 amide bonds. The predicted octanol–water partition coefficient (Wildman–Crippen LogP) is 1.59. The molecule has 3 unspecified atom stereocenters. The number of benzene rings is 1.